The van der Waals surface area contributed by atoms with Crippen LogP contribution in [0.15, 0.2) is 29.1 Å². The fraction of sp³-hybridized carbons (Fsp3) is 0.550. The number of imidazole rings is 1. The first-order valence-corrected chi connectivity index (χ1v) is 9.80. The number of aromatic nitrogens is 2. The third kappa shape index (κ3) is 3.81. The van der Waals surface area contributed by atoms with Crippen LogP contribution in [0.5, 0.6) is 0 Å². The van der Waals surface area contributed by atoms with Crippen molar-refractivity contribution in [2.75, 3.05) is 27.3 Å². The van der Waals surface area contributed by atoms with Gasteiger partial charge in [0.05, 0.1) is 14.2 Å². The molecule has 162 valence electrons. The van der Waals surface area contributed by atoms with Crippen LogP contribution in [0.25, 0.3) is 0 Å². The fourth-order valence-electron chi connectivity index (χ4n) is 4.37. The molecule has 1 saturated heterocycles. The highest BCUT2D eigenvalue weighted by molar-refractivity contribution is 5.93. The minimum Gasteiger partial charge on any atom is -0.468 e. The predicted octanol–water partition coefficient (Wildman–Crippen LogP) is 1.99. The molecule has 30 heavy (non-hydrogen) atoms. The van der Waals surface area contributed by atoms with Gasteiger partial charge in [0.1, 0.15) is 18.7 Å². The van der Waals surface area contributed by atoms with E-state index in [-0.39, 0.29) is 12.4 Å². The van der Waals surface area contributed by atoms with E-state index >= 15 is 0 Å². The molecule has 0 bridgehead atoms. The van der Waals surface area contributed by atoms with Crippen LogP contribution >= 0.6 is 0 Å². The van der Waals surface area contributed by atoms with Crippen LogP contribution in [-0.4, -0.2) is 58.6 Å². The van der Waals surface area contributed by atoms with E-state index in [1.807, 2.05) is 6.08 Å². The average Bonchev–Trinajstić information content (AvgIpc) is 3.37. The Balaban J connectivity index is 2.15. The summed E-state index contributed by atoms with van der Waals surface area (Å²) in [5.74, 6) is -2.32. The van der Waals surface area contributed by atoms with Gasteiger partial charge in [-0.25, -0.2) is 14.3 Å². The lowest BCUT2D eigenvalue weighted by Gasteiger charge is -2.36. The number of allylic oxidation sites excluding steroid dienone is 2. The van der Waals surface area contributed by atoms with Gasteiger partial charge in [-0.05, 0) is 36.3 Å². The van der Waals surface area contributed by atoms with Crippen molar-refractivity contribution in [1.82, 2.24) is 14.5 Å². The second-order valence-electron chi connectivity index (χ2n) is 7.49. The second-order valence-corrected chi connectivity index (χ2v) is 7.49. The molecule has 2 heterocycles. The van der Waals surface area contributed by atoms with Gasteiger partial charge < -0.3 is 24.5 Å². The molecular weight excluding hydrogens is 392 g/mol. The number of rotatable bonds is 6. The van der Waals surface area contributed by atoms with Crippen LogP contribution in [-0.2, 0) is 25.6 Å². The molecule has 3 rings (SSSR count). The molecule has 10 heteroatoms. The van der Waals surface area contributed by atoms with E-state index in [2.05, 4.69) is 9.88 Å². The molecule has 2 aliphatic rings. The summed E-state index contributed by atoms with van der Waals surface area (Å²) in [6.07, 6.45) is 5.03. The minimum absolute atomic E-state index is 0.0227. The normalized spacial score (nSPS) is 21.5. The summed E-state index contributed by atoms with van der Waals surface area (Å²) in [5, 5.41) is 11.5. The third-order valence-corrected chi connectivity index (χ3v) is 5.81. The number of likely N-dealkylation sites (tertiary alicyclic amines) is 1. The molecule has 1 aliphatic carbocycles. The number of methoxy groups -OCH3 is 2. The van der Waals surface area contributed by atoms with Crippen molar-refractivity contribution in [1.29, 1.82) is 0 Å². The van der Waals surface area contributed by atoms with E-state index in [0.717, 1.165) is 31.6 Å². The highest BCUT2D eigenvalue weighted by Gasteiger charge is 2.45. The van der Waals surface area contributed by atoms with Crippen molar-refractivity contribution in [2.24, 2.45) is 11.8 Å². The molecular formula is C20H26N4O6. The first-order chi connectivity index (χ1) is 14.3. The first-order valence-electron chi connectivity index (χ1n) is 9.80. The molecule has 10 nitrogen and oxygen atoms in total. The Kier molecular flexibility index (Phi) is 6.23. The number of hydrogen-bond donors (Lipinski definition) is 0. The molecule has 0 unspecified atom stereocenters. The summed E-state index contributed by atoms with van der Waals surface area (Å²) in [4.78, 5) is 42.7. The van der Waals surface area contributed by atoms with Gasteiger partial charge >= 0.3 is 17.8 Å². The van der Waals surface area contributed by atoms with E-state index in [1.165, 1.54) is 25.0 Å². The lowest BCUT2D eigenvalue weighted by molar-refractivity contribution is -0.392. The highest BCUT2D eigenvalue weighted by Crippen LogP contribution is 2.40. The Labute approximate surface area is 174 Å². The number of carbonyl (C=O) groups excluding carboxylic acids is 2. The van der Waals surface area contributed by atoms with Crippen LogP contribution in [0, 0.1) is 28.9 Å². The maximum Gasteiger partial charge on any atom is 0.342 e. The zero-order chi connectivity index (χ0) is 22.0. The quantitative estimate of drug-likeness (QED) is 0.391. The standard InChI is InChI=1S/C20H26N4O6/c1-12-9-15(22-7-5-6-8-22)18(20(26)30-4)14(17(12)19(25)29-3)11-23-13(2)21-10-16(23)24(27)28/h9-10,14,18H,5-8,11H2,1-4H3/t14-,18+/m1/s1. The van der Waals surface area contributed by atoms with E-state index in [1.54, 1.807) is 13.8 Å². The smallest absolute Gasteiger partial charge is 0.342 e. The summed E-state index contributed by atoms with van der Waals surface area (Å²) in [6, 6.07) is 0. The Morgan fingerprint density at radius 1 is 1.23 bits per heavy atom. The number of esters is 2. The fourth-order valence-corrected chi connectivity index (χ4v) is 4.37. The SMILES string of the molecule is COC(=O)C1=C(C)C=C(N2CCCC2)[C@@H](C(=O)OC)[C@@H]1Cn1c([N+](=O)[O-])cnc1C. The van der Waals surface area contributed by atoms with E-state index < -0.39 is 28.7 Å². The summed E-state index contributed by atoms with van der Waals surface area (Å²) < 4.78 is 11.5. The van der Waals surface area contributed by atoms with Gasteiger partial charge in [-0.1, -0.05) is 0 Å². The van der Waals surface area contributed by atoms with Gasteiger partial charge in [0.2, 0.25) is 0 Å². The molecule has 0 radical (unpaired) electrons. The van der Waals surface area contributed by atoms with Crippen molar-refractivity contribution in [3.8, 4) is 0 Å². The molecule has 1 aromatic rings. The molecule has 0 amide bonds. The minimum atomic E-state index is -0.785. The Morgan fingerprint density at radius 3 is 2.47 bits per heavy atom. The van der Waals surface area contributed by atoms with E-state index in [9.17, 15) is 19.7 Å². The van der Waals surface area contributed by atoms with Gasteiger partial charge in [-0.15, -0.1) is 0 Å². The lowest BCUT2D eigenvalue weighted by atomic mass is 9.76. The lowest BCUT2D eigenvalue weighted by Crippen LogP contribution is -2.41. The zero-order valence-corrected chi connectivity index (χ0v) is 17.6. The van der Waals surface area contributed by atoms with Gasteiger partial charge in [-0.2, -0.15) is 0 Å². The molecule has 1 fully saturated rings. The molecule has 0 spiro atoms. The average molecular weight is 418 g/mol. The van der Waals surface area contributed by atoms with Gasteiger partial charge in [-0.3, -0.25) is 4.79 Å². The third-order valence-electron chi connectivity index (χ3n) is 5.81. The molecule has 2 atom stereocenters. The topological polar surface area (TPSA) is 117 Å². The van der Waals surface area contributed by atoms with Crippen molar-refractivity contribution in [2.45, 2.75) is 33.2 Å². The Bertz CT molecular complexity index is 926. The van der Waals surface area contributed by atoms with Crippen LogP contribution in [0.1, 0.15) is 25.6 Å². The number of aryl methyl sites for hydroxylation is 1. The Hall–Kier alpha value is -3.17. The monoisotopic (exact) mass is 418 g/mol. The zero-order valence-electron chi connectivity index (χ0n) is 17.6. The van der Waals surface area contributed by atoms with Crippen LogP contribution in [0.4, 0.5) is 5.82 Å². The van der Waals surface area contributed by atoms with Crippen molar-refractivity contribution < 1.29 is 24.0 Å². The second kappa shape index (κ2) is 8.68. The van der Waals surface area contributed by atoms with Gasteiger partial charge in [0.15, 0.2) is 5.82 Å². The number of carbonyl (C=O) groups is 2. The largest absolute Gasteiger partial charge is 0.468 e. The van der Waals surface area contributed by atoms with E-state index in [4.69, 9.17) is 9.47 Å². The Morgan fingerprint density at radius 2 is 1.90 bits per heavy atom. The first kappa shape index (κ1) is 21.5. The summed E-state index contributed by atoms with van der Waals surface area (Å²) in [5.41, 5.74) is 1.77. The number of nitrogens with zero attached hydrogens (tertiary/aromatic N) is 4. The van der Waals surface area contributed by atoms with Crippen molar-refractivity contribution in [3.05, 3.63) is 45.1 Å². The maximum absolute atomic E-state index is 12.9. The summed E-state index contributed by atoms with van der Waals surface area (Å²) in [7, 11) is 2.58. The number of ether oxygens (including phenoxy) is 2. The van der Waals surface area contributed by atoms with Gasteiger partial charge in [0, 0.05) is 37.2 Å². The van der Waals surface area contributed by atoms with Crippen LogP contribution < -0.4 is 0 Å². The molecule has 0 aromatic carbocycles. The predicted molar refractivity (Wildman–Crippen MR) is 106 cm³/mol. The van der Waals surface area contributed by atoms with Crippen molar-refractivity contribution >= 4 is 17.8 Å². The molecule has 1 aliphatic heterocycles. The summed E-state index contributed by atoms with van der Waals surface area (Å²) >= 11 is 0. The van der Waals surface area contributed by atoms with Crippen LogP contribution in [0.3, 0.4) is 0 Å². The van der Waals surface area contributed by atoms with Crippen LogP contribution in [0.2, 0.25) is 0 Å². The van der Waals surface area contributed by atoms with E-state index in [0.29, 0.717) is 17.0 Å². The summed E-state index contributed by atoms with van der Waals surface area (Å²) in [6.45, 7) is 5.07. The molecule has 1 aromatic heterocycles. The maximum atomic E-state index is 12.9. The molecule has 0 N–H and O–H groups in total. The number of nitro groups is 1. The highest BCUT2D eigenvalue weighted by atomic mass is 16.6. The number of hydrogen-bond acceptors (Lipinski definition) is 8. The van der Waals surface area contributed by atoms with Crippen molar-refractivity contribution in [3.63, 3.8) is 0 Å². The molecule has 0 saturated carbocycles. The van der Waals surface area contributed by atoms with Gasteiger partial charge in [0.25, 0.3) is 0 Å².